The van der Waals surface area contributed by atoms with Gasteiger partial charge < -0.3 is 9.47 Å². The Morgan fingerprint density at radius 3 is 2.61 bits per heavy atom. The fraction of sp³-hybridized carbons (Fsp3) is 0.250. The highest BCUT2D eigenvalue weighted by atomic mass is 16.5. The van der Waals surface area contributed by atoms with Crippen LogP contribution in [0.3, 0.4) is 0 Å². The molecule has 0 saturated heterocycles. The van der Waals surface area contributed by atoms with Gasteiger partial charge in [-0.2, -0.15) is 0 Å². The fourth-order valence-corrected chi connectivity index (χ4v) is 1.79. The van der Waals surface area contributed by atoms with E-state index >= 15 is 0 Å². The molecule has 2 aromatic rings. The summed E-state index contributed by atoms with van der Waals surface area (Å²) in [5.41, 5.74) is 3.47. The van der Waals surface area contributed by atoms with Gasteiger partial charge in [-0.25, -0.2) is 0 Å². The SMILES string of the molecule is COc1cccc(COc2cc(C)ccc2C)c1. The molecule has 0 radical (unpaired) electrons. The number of rotatable bonds is 4. The molecule has 0 bridgehead atoms. The standard InChI is InChI=1S/C16H18O2/c1-12-7-8-13(2)16(9-12)18-11-14-5-4-6-15(10-14)17-3/h4-10H,11H2,1-3H3. The van der Waals surface area contributed by atoms with Gasteiger partial charge in [0.05, 0.1) is 7.11 Å². The molecule has 0 spiro atoms. The smallest absolute Gasteiger partial charge is 0.122 e. The van der Waals surface area contributed by atoms with Crippen LogP contribution >= 0.6 is 0 Å². The van der Waals surface area contributed by atoms with Gasteiger partial charge in [0.25, 0.3) is 0 Å². The number of hydrogen-bond donors (Lipinski definition) is 0. The van der Waals surface area contributed by atoms with Crippen LogP contribution in [0.25, 0.3) is 0 Å². The van der Waals surface area contributed by atoms with Crippen molar-refractivity contribution in [1.82, 2.24) is 0 Å². The highest BCUT2D eigenvalue weighted by Crippen LogP contribution is 2.21. The van der Waals surface area contributed by atoms with Gasteiger partial charge in [0.1, 0.15) is 18.1 Å². The van der Waals surface area contributed by atoms with Gasteiger partial charge in [-0.15, -0.1) is 0 Å². The molecule has 0 unspecified atom stereocenters. The Morgan fingerprint density at radius 2 is 1.83 bits per heavy atom. The highest BCUT2D eigenvalue weighted by Gasteiger charge is 2.01. The van der Waals surface area contributed by atoms with Crippen LogP contribution in [0.5, 0.6) is 11.5 Å². The van der Waals surface area contributed by atoms with E-state index in [9.17, 15) is 0 Å². The van der Waals surface area contributed by atoms with Crippen molar-refractivity contribution >= 4 is 0 Å². The fourth-order valence-electron chi connectivity index (χ4n) is 1.79. The molecule has 2 nitrogen and oxygen atoms in total. The van der Waals surface area contributed by atoms with E-state index in [4.69, 9.17) is 9.47 Å². The summed E-state index contributed by atoms with van der Waals surface area (Å²) < 4.78 is 11.0. The van der Waals surface area contributed by atoms with Crippen LogP contribution < -0.4 is 9.47 Å². The van der Waals surface area contributed by atoms with E-state index in [0.717, 1.165) is 22.6 Å². The predicted molar refractivity (Wildman–Crippen MR) is 73.2 cm³/mol. The Balaban J connectivity index is 2.08. The van der Waals surface area contributed by atoms with E-state index in [2.05, 4.69) is 32.0 Å². The molecule has 2 aromatic carbocycles. The van der Waals surface area contributed by atoms with Crippen LogP contribution in [0.4, 0.5) is 0 Å². The van der Waals surface area contributed by atoms with E-state index in [1.54, 1.807) is 7.11 Å². The maximum Gasteiger partial charge on any atom is 0.122 e. The van der Waals surface area contributed by atoms with Crippen molar-refractivity contribution in [3.05, 3.63) is 59.2 Å². The molecule has 0 aliphatic heterocycles. The van der Waals surface area contributed by atoms with Gasteiger partial charge in [-0.3, -0.25) is 0 Å². The zero-order chi connectivity index (χ0) is 13.0. The van der Waals surface area contributed by atoms with Crippen LogP contribution in [0, 0.1) is 13.8 Å². The monoisotopic (exact) mass is 242 g/mol. The topological polar surface area (TPSA) is 18.5 Å². The predicted octanol–water partition coefficient (Wildman–Crippen LogP) is 3.89. The summed E-state index contributed by atoms with van der Waals surface area (Å²) in [6.07, 6.45) is 0. The molecule has 0 amide bonds. The van der Waals surface area contributed by atoms with Crippen molar-refractivity contribution in [2.45, 2.75) is 20.5 Å². The highest BCUT2D eigenvalue weighted by molar-refractivity contribution is 5.36. The minimum absolute atomic E-state index is 0.557. The molecule has 18 heavy (non-hydrogen) atoms. The lowest BCUT2D eigenvalue weighted by molar-refractivity contribution is 0.303. The van der Waals surface area contributed by atoms with Crippen LogP contribution in [-0.4, -0.2) is 7.11 Å². The van der Waals surface area contributed by atoms with E-state index in [1.807, 2.05) is 24.3 Å². The molecule has 0 atom stereocenters. The first-order valence-corrected chi connectivity index (χ1v) is 6.02. The molecule has 0 aromatic heterocycles. The lowest BCUT2D eigenvalue weighted by Crippen LogP contribution is -1.97. The largest absolute Gasteiger partial charge is 0.497 e. The molecule has 0 heterocycles. The van der Waals surface area contributed by atoms with Crippen molar-refractivity contribution in [1.29, 1.82) is 0 Å². The summed E-state index contributed by atoms with van der Waals surface area (Å²) in [7, 11) is 1.67. The van der Waals surface area contributed by atoms with Gasteiger partial charge in [0, 0.05) is 0 Å². The van der Waals surface area contributed by atoms with Crippen LogP contribution in [0.1, 0.15) is 16.7 Å². The zero-order valence-electron chi connectivity index (χ0n) is 11.1. The maximum atomic E-state index is 5.85. The van der Waals surface area contributed by atoms with E-state index in [-0.39, 0.29) is 0 Å². The van der Waals surface area contributed by atoms with Crippen LogP contribution in [0.2, 0.25) is 0 Å². The Hall–Kier alpha value is -1.96. The molecule has 0 aliphatic carbocycles. The van der Waals surface area contributed by atoms with Crippen LogP contribution in [0.15, 0.2) is 42.5 Å². The van der Waals surface area contributed by atoms with Crippen molar-refractivity contribution in [3.63, 3.8) is 0 Å². The number of hydrogen-bond acceptors (Lipinski definition) is 2. The average Bonchev–Trinajstić information content (AvgIpc) is 2.40. The van der Waals surface area contributed by atoms with Crippen molar-refractivity contribution in [2.75, 3.05) is 7.11 Å². The number of ether oxygens (including phenoxy) is 2. The summed E-state index contributed by atoms with van der Waals surface area (Å²) in [5, 5.41) is 0. The first-order chi connectivity index (χ1) is 8.69. The van der Waals surface area contributed by atoms with Crippen LogP contribution in [-0.2, 0) is 6.61 Å². The van der Waals surface area contributed by atoms with Crippen molar-refractivity contribution in [2.24, 2.45) is 0 Å². The second-order valence-electron chi connectivity index (χ2n) is 4.41. The molecule has 0 N–H and O–H groups in total. The lowest BCUT2D eigenvalue weighted by Gasteiger charge is -2.10. The summed E-state index contributed by atoms with van der Waals surface area (Å²) in [4.78, 5) is 0. The summed E-state index contributed by atoms with van der Waals surface area (Å²) in [5.74, 6) is 1.80. The molecular formula is C16H18O2. The Morgan fingerprint density at radius 1 is 1.00 bits per heavy atom. The molecule has 2 heteroatoms. The third-order valence-corrected chi connectivity index (χ3v) is 2.87. The second kappa shape index (κ2) is 5.58. The first-order valence-electron chi connectivity index (χ1n) is 6.02. The van der Waals surface area contributed by atoms with Gasteiger partial charge in [-0.1, -0.05) is 24.3 Å². The molecule has 2 rings (SSSR count). The molecule has 0 fully saturated rings. The van der Waals surface area contributed by atoms with E-state index in [0.29, 0.717) is 6.61 Å². The van der Waals surface area contributed by atoms with Gasteiger partial charge in [-0.05, 0) is 48.7 Å². The Kier molecular flexibility index (Phi) is 3.88. The number of benzene rings is 2. The number of methoxy groups -OCH3 is 1. The lowest BCUT2D eigenvalue weighted by atomic mass is 10.1. The third kappa shape index (κ3) is 3.04. The molecule has 0 aliphatic rings. The van der Waals surface area contributed by atoms with Gasteiger partial charge in [0.2, 0.25) is 0 Å². The van der Waals surface area contributed by atoms with Crippen molar-refractivity contribution < 1.29 is 9.47 Å². The average molecular weight is 242 g/mol. The summed E-state index contributed by atoms with van der Waals surface area (Å²) in [6.45, 7) is 4.68. The summed E-state index contributed by atoms with van der Waals surface area (Å²) in [6, 6.07) is 14.2. The molecule has 0 saturated carbocycles. The van der Waals surface area contributed by atoms with Gasteiger partial charge >= 0.3 is 0 Å². The quantitative estimate of drug-likeness (QED) is 0.809. The zero-order valence-corrected chi connectivity index (χ0v) is 11.1. The number of aryl methyl sites for hydroxylation is 2. The summed E-state index contributed by atoms with van der Waals surface area (Å²) >= 11 is 0. The normalized spacial score (nSPS) is 10.2. The first kappa shape index (κ1) is 12.5. The minimum Gasteiger partial charge on any atom is -0.497 e. The Labute approximate surface area is 108 Å². The third-order valence-electron chi connectivity index (χ3n) is 2.87. The second-order valence-corrected chi connectivity index (χ2v) is 4.41. The van der Waals surface area contributed by atoms with Gasteiger partial charge in [0.15, 0.2) is 0 Å². The molecular weight excluding hydrogens is 224 g/mol. The van der Waals surface area contributed by atoms with Crippen molar-refractivity contribution in [3.8, 4) is 11.5 Å². The maximum absolute atomic E-state index is 5.85. The Bertz CT molecular complexity index is 532. The minimum atomic E-state index is 0.557. The van der Waals surface area contributed by atoms with E-state index < -0.39 is 0 Å². The molecule has 94 valence electrons. The van der Waals surface area contributed by atoms with E-state index in [1.165, 1.54) is 5.56 Å².